The van der Waals surface area contributed by atoms with Gasteiger partial charge in [-0.3, -0.25) is 0 Å². The largest absolute Gasteiger partial charge is 0.507 e. The highest BCUT2D eigenvalue weighted by Crippen LogP contribution is 2.58. The monoisotopic (exact) mass is 408 g/mol. The average molecular weight is 408 g/mol. The Balaban J connectivity index is 2.19. The number of aromatic hydroxyl groups is 1. The number of rotatable bonds is 6. The Bertz CT molecular complexity index is 1130. The highest BCUT2D eigenvalue weighted by atomic mass is 16.5. The molecule has 0 unspecified atom stereocenters. The molecule has 0 fully saturated rings. The molecular weight excluding hydrogens is 380 g/mol. The summed E-state index contributed by atoms with van der Waals surface area (Å²) in [6.07, 6.45) is 1.80. The Kier molecular flexibility index (Phi) is 4.92. The van der Waals surface area contributed by atoms with E-state index in [1.54, 1.807) is 28.4 Å². The Morgan fingerprint density at radius 3 is 1.70 bits per heavy atom. The zero-order valence-electron chi connectivity index (χ0n) is 18.4. The number of methoxy groups -OCH3 is 4. The second kappa shape index (κ2) is 7.31. The van der Waals surface area contributed by atoms with Crippen molar-refractivity contribution >= 4 is 10.8 Å². The number of hydrogen-bond donors (Lipinski definition) is 1. The topological polar surface area (TPSA) is 57.2 Å². The lowest BCUT2D eigenvalue weighted by molar-refractivity contribution is 0.353. The van der Waals surface area contributed by atoms with Gasteiger partial charge >= 0.3 is 0 Å². The maximum absolute atomic E-state index is 11.0. The van der Waals surface area contributed by atoms with Crippen LogP contribution < -0.4 is 18.9 Å². The first-order chi connectivity index (χ1) is 14.5. The summed E-state index contributed by atoms with van der Waals surface area (Å²) in [6, 6.07) is 9.84. The predicted octanol–water partition coefficient (Wildman–Crippen LogP) is 5.67. The van der Waals surface area contributed by atoms with Crippen molar-refractivity contribution in [2.75, 3.05) is 28.4 Å². The Morgan fingerprint density at radius 2 is 1.17 bits per heavy atom. The van der Waals surface area contributed by atoms with Crippen LogP contribution in [0.3, 0.4) is 0 Å². The van der Waals surface area contributed by atoms with Gasteiger partial charge in [0.05, 0.1) is 28.4 Å². The van der Waals surface area contributed by atoms with Crippen molar-refractivity contribution in [3.63, 3.8) is 0 Å². The number of hydrogen-bond acceptors (Lipinski definition) is 5. The maximum Gasteiger partial charge on any atom is 0.161 e. The molecule has 3 aromatic rings. The van der Waals surface area contributed by atoms with Crippen molar-refractivity contribution < 1.29 is 24.1 Å². The molecule has 3 aromatic carbocycles. The fourth-order valence-electron chi connectivity index (χ4n) is 5.04. The molecule has 30 heavy (non-hydrogen) atoms. The normalized spacial score (nSPS) is 13.7. The van der Waals surface area contributed by atoms with Crippen LogP contribution in [-0.2, 0) is 5.41 Å². The summed E-state index contributed by atoms with van der Waals surface area (Å²) in [5.74, 6) is 2.85. The molecule has 5 heteroatoms. The molecule has 0 bridgehead atoms. The minimum Gasteiger partial charge on any atom is -0.507 e. The lowest BCUT2D eigenvalue weighted by atomic mass is 9.73. The molecular formula is C25H28O5. The van der Waals surface area contributed by atoms with Crippen LogP contribution in [0.4, 0.5) is 0 Å². The van der Waals surface area contributed by atoms with E-state index in [-0.39, 0.29) is 11.2 Å². The summed E-state index contributed by atoms with van der Waals surface area (Å²) in [4.78, 5) is 0. The van der Waals surface area contributed by atoms with Gasteiger partial charge in [0.1, 0.15) is 5.75 Å². The van der Waals surface area contributed by atoms with E-state index in [9.17, 15) is 5.11 Å². The minimum atomic E-state index is -0.219. The smallest absolute Gasteiger partial charge is 0.161 e. The molecule has 0 aromatic heterocycles. The van der Waals surface area contributed by atoms with Crippen molar-refractivity contribution in [2.45, 2.75) is 32.1 Å². The van der Waals surface area contributed by atoms with Gasteiger partial charge in [-0.2, -0.15) is 0 Å². The number of phenolic OH excluding ortho intramolecular Hbond substituents is 1. The first-order valence-corrected chi connectivity index (χ1v) is 10.2. The summed E-state index contributed by atoms with van der Waals surface area (Å²) in [6.45, 7) is 4.38. The molecule has 0 heterocycles. The van der Waals surface area contributed by atoms with Crippen molar-refractivity contribution in [2.24, 2.45) is 0 Å². The van der Waals surface area contributed by atoms with Gasteiger partial charge in [0.15, 0.2) is 23.0 Å². The van der Waals surface area contributed by atoms with E-state index in [2.05, 4.69) is 19.9 Å². The van der Waals surface area contributed by atoms with Gasteiger partial charge in [-0.25, -0.2) is 0 Å². The van der Waals surface area contributed by atoms with Gasteiger partial charge < -0.3 is 24.1 Å². The molecule has 0 amide bonds. The zero-order valence-corrected chi connectivity index (χ0v) is 18.4. The van der Waals surface area contributed by atoms with E-state index in [4.69, 9.17) is 18.9 Å². The summed E-state index contributed by atoms with van der Waals surface area (Å²) in [5.41, 5.74) is 4.30. The fourth-order valence-corrected chi connectivity index (χ4v) is 5.04. The number of fused-ring (bicyclic) bond motifs is 5. The molecule has 0 spiro atoms. The van der Waals surface area contributed by atoms with Crippen LogP contribution in [-0.4, -0.2) is 33.5 Å². The van der Waals surface area contributed by atoms with E-state index < -0.39 is 0 Å². The van der Waals surface area contributed by atoms with Crippen LogP contribution in [0.15, 0.2) is 30.3 Å². The number of ether oxygens (including phenoxy) is 4. The number of benzene rings is 3. The van der Waals surface area contributed by atoms with Crippen LogP contribution in [0, 0.1) is 0 Å². The number of phenols is 1. The summed E-state index contributed by atoms with van der Waals surface area (Å²) >= 11 is 0. The molecule has 0 saturated carbocycles. The Morgan fingerprint density at radius 1 is 0.667 bits per heavy atom. The first-order valence-electron chi connectivity index (χ1n) is 10.2. The van der Waals surface area contributed by atoms with Gasteiger partial charge in [0.25, 0.3) is 0 Å². The second-order valence-electron chi connectivity index (χ2n) is 7.61. The van der Waals surface area contributed by atoms with Crippen molar-refractivity contribution in [1.82, 2.24) is 0 Å². The molecule has 0 radical (unpaired) electrons. The molecule has 5 nitrogen and oxygen atoms in total. The maximum atomic E-state index is 11.0. The minimum absolute atomic E-state index is 0.219. The van der Waals surface area contributed by atoms with Crippen molar-refractivity contribution in [3.05, 3.63) is 41.5 Å². The average Bonchev–Trinajstić information content (AvgIpc) is 3.05. The third kappa shape index (κ3) is 2.54. The van der Waals surface area contributed by atoms with E-state index >= 15 is 0 Å². The third-order valence-corrected chi connectivity index (χ3v) is 6.65. The van der Waals surface area contributed by atoms with Gasteiger partial charge in [0, 0.05) is 10.8 Å². The van der Waals surface area contributed by atoms with E-state index in [1.807, 2.05) is 24.3 Å². The SMILES string of the molecule is CCC1(CC)c2cc(OC)c(OC)cc2-c2c1cc(O)c1cc(OC)c(OC)cc21. The lowest BCUT2D eigenvalue weighted by Crippen LogP contribution is -2.23. The molecule has 0 aliphatic heterocycles. The fraction of sp³-hybridized carbons (Fsp3) is 0.360. The van der Waals surface area contributed by atoms with Gasteiger partial charge in [0.2, 0.25) is 0 Å². The Hall–Kier alpha value is -3.08. The predicted molar refractivity (Wildman–Crippen MR) is 119 cm³/mol. The van der Waals surface area contributed by atoms with Crippen LogP contribution in [0.5, 0.6) is 28.7 Å². The summed E-state index contributed by atoms with van der Waals surface area (Å²) < 4.78 is 22.3. The second-order valence-corrected chi connectivity index (χ2v) is 7.61. The highest BCUT2D eigenvalue weighted by molar-refractivity contribution is 6.06. The summed E-state index contributed by atoms with van der Waals surface area (Å²) in [5, 5.41) is 12.6. The molecule has 0 atom stereocenters. The van der Waals surface area contributed by atoms with Crippen LogP contribution in [0.25, 0.3) is 21.9 Å². The van der Waals surface area contributed by atoms with Gasteiger partial charge in [-0.15, -0.1) is 0 Å². The highest BCUT2D eigenvalue weighted by Gasteiger charge is 2.43. The summed E-state index contributed by atoms with van der Waals surface area (Å²) in [7, 11) is 6.52. The molecule has 158 valence electrons. The first kappa shape index (κ1) is 20.2. The molecule has 4 rings (SSSR count). The van der Waals surface area contributed by atoms with Crippen LogP contribution in [0.1, 0.15) is 37.8 Å². The van der Waals surface area contributed by atoms with Crippen molar-refractivity contribution in [1.29, 1.82) is 0 Å². The molecule has 1 aliphatic carbocycles. The van der Waals surface area contributed by atoms with Crippen molar-refractivity contribution in [3.8, 4) is 39.9 Å². The molecule has 1 N–H and O–H groups in total. The van der Waals surface area contributed by atoms with E-state index in [0.717, 1.165) is 40.3 Å². The van der Waals surface area contributed by atoms with Crippen LogP contribution in [0.2, 0.25) is 0 Å². The molecule has 0 saturated heterocycles. The zero-order chi connectivity index (χ0) is 21.6. The van der Waals surface area contributed by atoms with Gasteiger partial charge in [-0.1, -0.05) is 13.8 Å². The lowest BCUT2D eigenvalue weighted by Gasteiger charge is -2.30. The Labute approximate surface area is 177 Å². The van der Waals surface area contributed by atoms with Crippen LogP contribution >= 0.6 is 0 Å². The molecule has 1 aliphatic rings. The quantitative estimate of drug-likeness (QED) is 0.570. The standard InChI is InChI=1S/C25H28O5/c1-7-25(8-2)17-13-23(30-6)22(29-5)11-16(17)24-15-10-21(28-4)20(27-3)9-14(15)19(26)12-18(24)25/h9-13,26H,7-8H2,1-6H3. The third-order valence-electron chi connectivity index (χ3n) is 6.65. The van der Waals surface area contributed by atoms with Gasteiger partial charge in [-0.05, 0) is 70.8 Å². The van der Waals surface area contributed by atoms with E-state index in [0.29, 0.717) is 23.0 Å². The van der Waals surface area contributed by atoms with E-state index in [1.165, 1.54) is 5.56 Å².